The van der Waals surface area contributed by atoms with E-state index in [1.54, 1.807) is 0 Å². The van der Waals surface area contributed by atoms with Gasteiger partial charge in [-0.2, -0.15) is 0 Å². The maximum atomic E-state index is 13.2. The maximum Gasteiger partial charge on any atom is 0.249 e. The molecule has 2 aliphatic heterocycles. The van der Waals surface area contributed by atoms with Crippen LogP contribution in [0.3, 0.4) is 0 Å². The van der Waals surface area contributed by atoms with Gasteiger partial charge in [0.05, 0.1) is 0 Å². The van der Waals surface area contributed by atoms with Crippen molar-refractivity contribution in [3.05, 3.63) is 54.1 Å². The van der Waals surface area contributed by atoms with Gasteiger partial charge in [0.1, 0.15) is 19.3 Å². The van der Waals surface area contributed by atoms with Crippen LogP contribution in [0.2, 0.25) is 0 Å². The van der Waals surface area contributed by atoms with E-state index in [1.807, 2.05) is 53.4 Å². The highest BCUT2D eigenvalue weighted by Gasteiger charge is 2.27. The van der Waals surface area contributed by atoms with Crippen molar-refractivity contribution < 1.29 is 14.3 Å². The van der Waals surface area contributed by atoms with Gasteiger partial charge >= 0.3 is 0 Å². The Balaban J connectivity index is 1.59. The van der Waals surface area contributed by atoms with Gasteiger partial charge in [-0.25, -0.2) is 0 Å². The summed E-state index contributed by atoms with van der Waals surface area (Å²) in [5, 5.41) is 3.42. The van der Waals surface area contributed by atoms with Gasteiger partial charge in [-0.3, -0.25) is 4.79 Å². The van der Waals surface area contributed by atoms with Crippen LogP contribution >= 0.6 is 0 Å². The second-order valence-corrected chi connectivity index (χ2v) is 6.73. The highest BCUT2D eigenvalue weighted by molar-refractivity contribution is 5.86. The molecule has 1 N–H and O–H groups in total. The molecule has 2 aliphatic rings. The number of likely N-dealkylation sites (tertiary alicyclic amines) is 1. The number of nitrogens with zero attached hydrogens (tertiary/aromatic N) is 1. The molecule has 2 aromatic rings. The first-order chi connectivity index (χ1) is 12.8. The topological polar surface area (TPSA) is 50.8 Å². The van der Waals surface area contributed by atoms with Crippen molar-refractivity contribution in [2.45, 2.75) is 25.3 Å². The van der Waals surface area contributed by atoms with E-state index in [1.165, 1.54) is 6.42 Å². The molecule has 2 heterocycles. The fourth-order valence-electron chi connectivity index (χ4n) is 3.53. The van der Waals surface area contributed by atoms with Gasteiger partial charge in [0.2, 0.25) is 5.91 Å². The van der Waals surface area contributed by atoms with Gasteiger partial charge in [0, 0.05) is 24.8 Å². The summed E-state index contributed by atoms with van der Waals surface area (Å²) in [7, 11) is 0. The zero-order valence-electron chi connectivity index (χ0n) is 14.8. The average Bonchev–Trinajstić information content (AvgIpc) is 2.73. The predicted octanol–water partition coefficient (Wildman–Crippen LogP) is 3.62. The number of hydrogen-bond acceptors (Lipinski definition) is 4. The lowest BCUT2D eigenvalue weighted by Gasteiger charge is -2.31. The van der Waals surface area contributed by atoms with E-state index < -0.39 is 6.04 Å². The van der Waals surface area contributed by atoms with Gasteiger partial charge in [0.25, 0.3) is 0 Å². The van der Waals surface area contributed by atoms with Gasteiger partial charge in [-0.05, 0) is 37.0 Å². The molecule has 0 radical (unpaired) electrons. The Morgan fingerprint density at radius 3 is 2.42 bits per heavy atom. The summed E-state index contributed by atoms with van der Waals surface area (Å²) in [4.78, 5) is 15.2. The van der Waals surface area contributed by atoms with E-state index in [-0.39, 0.29) is 5.91 Å². The van der Waals surface area contributed by atoms with Gasteiger partial charge in [0.15, 0.2) is 11.5 Å². The summed E-state index contributed by atoms with van der Waals surface area (Å²) in [5.74, 6) is 1.60. The van der Waals surface area contributed by atoms with Crippen LogP contribution in [0.25, 0.3) is 0 Å². The maximum absolute atomic E-state index is 13.2. The highest BCUT2D eigenvalue weighted by Crippen LogP contribution is 2.34. The third kappa shape index (κ3) is 3.62. The second-order valence-electron chi connectivity index (χ2n) is 6.73. The number of fused-ring (bicyclic) bond motifs is 1. The second kappa shape index (κ2) is 7.68. The molecule has 5 nitrogen and oxygen atoms in total. The summed E-state index contributed by atoms with van der Waals surface area (Å²) >= 11 is 0. The van der Waals surface area contributed by atoms with E-state index in [0.29, 0.717) is 13.2 Å². The molecule has 0 aromatic heterocycles. The highest BCUT2D eigenvalue weighted by atomic mass is 16.6. The summed E-state index contributed by atoms with van der Waals surface area (Å²) in [6, 6.07) is 15.2. The van der Waals surface area contributed by atoms with Crippen molar-refractivity contribution in [1.82, 2.24) is 4.90 Å². The van der Waals surface area contributed by atoms with Crippen molar-refractivity contribution in [1.29, 1.82) is 0 Å². The molecule has 4 rings (SSSR count). The average molecular weight is 352 g/mol. The van der Waals surface area contributed by atoms with Crippen molar-refractivity contribution in [2.24, 2.45) is 0 Å². The van der Waals surface area contributed by atoms with Crippen LogP contribution in [-0.2, 0) is 4.79 Å². The molecule has 5 heteroatoms. The fourth-order valence-corrected chi connectivity index (χ4v) is 3.53. The van der Waals surface area contributed by atoms with Gasteiger partial charge < -0.3 is 19.7 Å². The van der Waals surface area contributed by atoms with Gasteiger partial charge in [-0.1, -0.05) is 30.3 Å². The number of amides is 1. The number of nitrogens with one attached hydrogen (secondary N) is 1. The fraction of sp³-hybridized carbons (Fsp3) is 0.381. The Morgan fingerprint density at radius 2 is 1.65 bits per heavy atom. The Bertz CT molecular complexity index is 757. The van der Waals surface area contributed by atoms with Crippen molar-refractivity contribution >= 4 is 11.6 Å². The monoisotopic (exact) mass is 352 g/mol. The number of carbonyl (C=O) groups excluding carboxylic acids is 1. The lowest BCUT2D eigenvalue weighted by Crippen LogP contribution is -2.41. The van der Waals surface area contributed by atoms with Crippen LogP contribution in [0.15, 0.2) is 48.5 Å². The summed E-state index contributed by atoms with van der Waals surface area (Å²) < 4.78 is 11.3. The molecule has 136 valence electrons. The molecule has 1 atom stereocenters. The Kier molecular flexibility index (Phi) is 4.95. The normalized spacial score (nSPS) is 17.5. The van der Waals surface area contributed by atoms with Crippen LogP contribution in [0.1, 0.15) is 30.9 Å². The molecule has 26 heavy (non-hydrogen) atoms. The lowest BCUT2D eigenvalue weighted by molar-refractivity contribution is -0.133. The lowest BCUT2D eigenvalue weighted by atomic mass is 10.0. The molecule has 0 unspecified atom stereocenters. The molecule has 0 aliphatic carbocycles. The largest absolute Gasteiger partial charge is 0.486 e. The van der Waals surface area contributed by atoms with E-state index in [9.17, 15) is 4.79 Å². The third-order valence-corrected chi connectivity index (χ3v) is 4.90. The third-order valence-electron chi connectivity index (χ3n) is 4.90. The Morgan fingerprint density at radius 1 is 0.923 bits per heavy atom. The van der Waals surface area contributed by atoms with Crippen LogP contribution in [0, 0.1) is 0 Å². The van der Waals surface area contributed by atoms with E-state index in [0.717, 1.165) is 48.7 Å². The number of rotatable bonds is 4. The van der Waals surface area contributed by atoms with E-state index >= 15 is 0 Å². The Labute approximate surface area is 153 Å². The van der Waals surface area contributed by atoms with Gasteiger partial charge in [-0.15, -0.1) is 0 Å². The first-order valence-electron chi connectivity index (χ1n) is 9.31. The number of piperidine rings is 1. The van der Waals surface area contributed by atoms with Crippen LogP contribution in [-0.4, -0.2) is 37.1 Å². The predicted molar refractivity (Wildman–Crippen MR) is 101 cm³/mol. The van der Waals surface area contributed by atoms with E-state index in [2.05, 4.69) is 5.32 Å². The molecule has 0 spiro atoms. The molecular formula is C21H24N2O3. The quantitative estimate of drug-likeness (QED) is 0.913. The minimum atomic E-state index is -0.406. The number of anilines is 1. The minimum absolute atomic E-state index is 0.130. The summed E-state index contributed by atoms with van der Waals surface area (Å²) in [5.41, 5.74) is 1.83. The summed E-state index contributed by atoms with van der Waals surface area (Å²) in [6.07, 6.45) is 3.37. The first kappa shape index (κ1) is 16.8. The number of carbonyl (C=O) groups is 1. The molecule has 0 saturated carbocycles. The molecule has 0 bridgehead atoms. The number of hydrogen-bond donors (Lipinski definition) is 1. The van der Waals surface area contributed by atoms with Crippen LogP contribution < -0.4 is 14.8 Å². The zero-order valence-corrected chi connectivity index (χ0v) is 14.8. The summed E-state index contributed by atoms with van der Waals surface area (Å²) in [6.45, 7) is 2.79. The molecule has 1 amide bonds. The number of benzene rings is 2. The van der Waals surface area contributed by atoms with E-state index in [4.69, 9.17) is 9.47 Å². The van der Waals surface area contributed by atoms with Crippen LogP contribution in [0.4, 0.5) is 5.69 Å². The first-order valence-corrected chi connectivity index (χ1v) is 9.31. The van der Waals surface area contributed by atoms with Crippen molar-refractivity contribution in [3.8, 4) is 11.5 Å². The standard InChI is InChI=1S/C21H24N2O3/c24-21(23-11-5-2-6-12-23)20(16-7-3-1-4-8-16)22-17-9-10-18-19(15-17)26-14-13-25-18/h1,3-4,7-10,15,20,22H,2,5-6,11-14H2/t20-/m1/s1. The minimum Gasteiger partial charge on any atom is -0.486 e. The molecule has 2 aromatic carbocycles. The van der Waals surface area contributed by atoms with Crippen LogP contribution in [0.5, 0.6) is 11.5 Å². The smallest absolute Gasteiger partial charge is 0.249 e. The van der Waals surface area contributed by atoms with Crippen molar-refractivity contribution in [2.75, 3.05) is 31.6 Å². The molecule has 1 saturated heterocycles. The van der Waals surface area contributed by atoms with Crippen molar-refractivity contribution in [3.63, 3.8) is 0 Å². The molecule has 1 fully saturated rings. The number of ether oxygens (including phenoxy) is 2. The Hall–Kier alpha value is -2.69. The zero-order chi connectivity index (χ0) is 17.8. The molecular weight excluding hydrogens is 328 g/mol. The SMILES string of the molecule is O=C([C@H](Nc1ccc2c(c1)OCCO2)c1ccccc1)N1CCCCC1.